The fraction of sp³-hybridized carbons (Fsp3) is 0.0833. The maximum absolute atomic E-state index is 6.13. The van der Waals surface area contributed by atoms with E-state index in [0.29, 0.717) is 37.1 Å². The molecule has 1 aromatic heterocycles. The SMILES string of the molecule is COc1cnc(-c2cc(Cl)c(Cl)c(Cl)c2)c(Cl)c1. The number of benzene rings is 1. The van der Waals surface area contributed by atoms with Gasteiger partial charge in [-0.3, -0.25) is 4.98 Å². The molecule has 2 nitrogen and oxygen atoms in total. The van der Waals surface area contributed by atoms with E-state index in [4.69, 9.17) is 51.1 Å². The number of methoxy groups -OCH3 is 1. The molecule has 0 radical (unpaired) electrons. The molecule has 0 unspecified atom stereocenters. The van der Waals surface area contributed by atoms with Crippen LogP contribution in [0.25, 0.3) is 11.3 Å². The van der Waals surface area contributed by atoms with E-state index in [2.05, 4.69) is 4.98 Å². The van der Waals surface area contributed by atoms with E-state index in [9.17, 15) is 0 Å². The zero-order valence-corrected chi connectivity index (χ0v) is 12.2. The Kier molecular flexibility index (Phi) is 4.23. The van der Waals surface area contributed by atoms with Gasteiger partial charge in [-0.15, -0.1) is 0 Å². The van der Waals surface area contributed by atoms with E-state index in [-0.39, 0.29) is 0 Å². The van der Waals surface area contributed by atoms with Crippen LogP contribution in [0.1, 0.15) is 0 Å². The van der Waals surface area contributed by atoms with Crippen LogP contribution in [0.15, 0.2) is 24.4 Å². The van der Waals surface area contributed by atoms with Gasteiger partial charge in [-0.1, -0.05) is 46.4 Å². The molecule has 0 atom stereocenters. The minimum atomic E-state index is 0.312. The number of pyridine rings is 1. The highest BCUT2D eigenvalue weighted by Gasteiger charge is 2.11. The summed E-state index contributed by atoms with van der Waals surface area (Å²) in [5.74, 6) is 0.579. The number of halogens is 4. The number of nitrogens with zero attached hydrogens (tertiary/aromatic N) is 1. The van der Waals surface area contributed by atoms with Crippen molar-refractivity contribution in [3.05, 3.63) is 44.5 Å². The molecule has 0 fully saturated rings. The lowest BCUT2D eigenvalue weighted by atomic mass is 10.1. The van der Waals surface area contributed by atoms with Crippen LogP contribution in [0.5, 0.6) is 5.75 Å². The average molecular weight is 323 g/mol. The van der Waals surface area contributed by atoms with E-state index in [1.807, 2.05) is 0 Å². The van der Waals surface area contributed by atoms with Gasteiger partial charge in [0.05, 0.1) is 39.1 Å². The third kappa shape index (κ3) is 2.67. The topological polar surface area (TPSA) is 22.1 Å². The highest BCUT2D eigenvalue weighted by atomic mass is 35.5. The molecule has 2 rings (SSSR count). The first-order valence-corrected chi connectivity index (χ1v) is 6.38. The van der Waals surface area contributed by atoms with Gasteiger partial charge in [0, 0.05) is 11.6 Å². The quantitative estimate of drug-likeness (QED) is 0.693. The molecule has 2 aromatic rings. The van der Waals surface area contributed by atoms with Gasteiger partial charge in [0.15, 0.2) is 0 Å². The van der Waals surface area contributed by atoms with Crippen molar-refractivity contribution in [2.45, 2.75) is 0 Å². The zero-order valence-electron chi connectivity index (χ0n) is 9.18. The highest BCUT2D eigenvalue weighted by molar-refractivity contribution is 6.48. The molecule has 18 heavy (non-hydrogen) atoms. The number of hydrogen-bond donors (Lipinski definition) is 0. The summed E-state index contributed by atoms with van der Waals surface area (Å²) < 4.78 is 5.03. The Hall–Kier alpha value is -0.670. The van der Waals surface area contributed by atoms with Gasteiger partial charge in [-0.2, -0.15) is 0 Å². The Bertz CT molecular complexity index is 578. The van der Waals surface area contributed by atoms with Gasteiger partial charge in [0.25, 0.3) is 0 Å². The lowest BCUT2D eigenvalue weighted by molar-refractivity contribution is 0.413. The van der Waals surface area contributed by atoms with E-state index in [1.54, 1.807) is 31.5 Å². The van der Waals surface area contributed by atoms with Crippen molar-refractivity contribution in [3.63, 3.8) is 0 Å². The molecule has 0 spiro atoms. The molecule has 0 saturated carbocycles. The predicted molar refractivity (Wildman–Crippen MR) is 76.3 cm³/mol. The largest absolute Gasteiger partial charge is 0.495 e. The number of hydrogen-bond acceptors (Lipinski definition) is 2. The monoisotopic (exact) mass is 321 g/mol. The third-order valence-electron chi connectivity index (χ3n) is 2.31. The number of rotatable bonds is 2. The van der Waals surface area contributed by atoms with Crippen LogP contribution in [-0.2, 0) is 0 Å². The number of ether oxygens (including phenoxy) is 1. The van der Waals surface area contributed by atoms with Crippen LogP contribution in [0, 0.1) is 0 Å². The van der Waals surface area contributed by atoms with Crippen molar-refractivity contribution < 1.29 is 4.74 Å². The highest BCUT2D eigenvalue weighted by Crippen LogP contribution is 2.37. The summed E-state index contributed by atoms with van der Waals surface area (Å²) in [6.07, 6.45) is 1.57. The Morgan fingerprint density at radius 1 is 0.944 bits per heavy atom. The molecular formula is C12H7Cl4NO. The first kappa shape index (κ1) is 13.8. The summed E-state index contributed by atoms with van der Waals surface area (Å²) >= 11 is 23.9. The van der Waals surface area contributed by atoms with E-state index in [1.165, 1.54) is 0 Å². The van der Waals surface area contributed by atoms with Crippen molar-refractivity contribution >= 4 is 46.4 Å². The predicted octanol–water partition coefficient (Wildman–Crippen LogP) is 5.37. The smallest absolute Gasteiger partial charge is 0.138 e. The van der Waals surface area contributed by atoms with E-state index >= 15 is 0 Å². The van der Waals surface area contributed by atoms with Crippen LogP contribution >= 0.6 is 46.4 Å². The summed E-state index contributed by atoms with van der Waals surface area (Å²) in [7, 11) is 1.54. The van der Waals surface area contributed by atoms with Gasteiger partial charge in [0.1, 0.15) is 5.75 Å². The summed E-state index contributed by atoms with van der Waals surface area (Å²) in [6.45, 7) is 0. The molecule has 0 aliphatic heterocycles. The molecule has 0 N–H and O–H groups in total. The van der Waals surface area contributed by atoms with Crippen LogP contribution in [-0.4, -0.2) is 12.1 Å². The van der Waals surface area contributed by atoms with Crippen molar-refractivity contribution in [1.82, 2.24) is 4.98 Å². The van der Waals surface area contributed by atoms with E-state index < -0.39 is 0 Å². The van der Waals surface area contributed by atoms with Crippen molar-refractivity contribution in [2.24, 2.45) is 0 Å². The average Bonchev–Trinajstić information content (AvgIpc) is 2.35. The summed E-state index contributed by atoms with van der Waals surface area (Å²) in [6, 6.07) is 4.99. The first-order valence-electron chi connectivity index (χ1n) is 4.87. The molecule has 0 aliphatic rings. The molecule has 6 heteroatoms. The van der Waals surface area contributed by atoms with Crippen molar-refractivity contribution in [1.29, 1.82) is 0 Å². The minimum Gasteiger partial charge on any atom is -0.495 e. The lowest BCUT2D eigenvalue weighted by Gasteiger charge is -2.08. The van der Waals surface area contributed by atoms with Gasteiger partial charge in [-0.05, 0) is 12.1 Å². The molecule has 0 aliphatic carbocycles. The maximum atomic E-state index is 6.13. The fourth-order valence-electron chi connectivity index (χ4n) is 1.44. The number of aromatic nitrogens is 1. The van der Waals surface area contributed by atoms with Gasteiger partial charge >= 0.3 is 0 Å². The molecule has 1 heterocycles. The van der Waals surface area contributed by atoms with Gasteiger partial charge in [-0.25, -0.2) is 0 Å². The van der Waals surface area contributed by atoms with Gasteiger partial charge in [0.2, 0.25) is 0 Å². The van der Waals surface area contributed by atoms with Crippen molar-refractivity contribution in [2.75, 3.05) is 7.11 Å². The molecule has 94 valence electrons. The second kappa shape index (κ2) is 5.54. The minimum absolute atomic E-state index is 0.312. The standard InChI is InChI=1S/C12H7Cl4NO/c1-18-7-4-10(15)12(17-5-7)6-2-8(13)11(16)9(14)3-6/h2-5H,1H3. The Balaban J connectivity index is 2.55. The summed E-state index contributed by atoms with van der Waals surface area (Å²) in [5, 5.41) is 1.47. The van der Waals surface area contributed by atoms with Crippen molar-refractivity contribution in [3.8, 4) is 17.0 Å². The maximum Gasteiger partial charge on any atom is 0.138 e. The molecule has 0 amide bonds. The van der Waals surface area contributed by atoms with Crippen LogP contribution in [0.4, 0.5) is 0 Å². The summed E-state index contributed by atoms with van der Waals surface area (Å²) in [4.78, 5) is 4.21. The summed E-state index contributed by atoms with van der Waals surface area (Å²) in [5.41, 5.74) is 1.26. The Morgan fingerprint density at radius 2 is 1.56 bits per heavy atom. The normalized spacial score (nSPS) is 10.5. The van der Waals surface area contributed by atoms with Gasteiger partial charge < -0.3 is 4.74 Å². The third-order valence-corrected chi connectivity index (χ3v) is 3.79. The first-order chi connectivity index (χ1) is 8.52. The van der Waals surface area contributed by atoms with Crippen LogP contribution < -0.4 is 4.74 Å². The fourth-order valence-corrected chi connectivity index (χ4v) is 2.30. The molecular weight excluding hydrogens is 316 g/mol. The van der Waals surface area contributed by atoms with Crippen LogP contribution in [0.3, 0.4) is 0 Å². The zero-order chi connectivity index (χ0) is 13.3. The Labute approximate surface area is 124 Å². The lowest BCUT2D eigenvalue weighted by Crippen LogP contribution is -1.89. The molecule has 0 bridgehead atoms. The second-order valence-electron chi connectivity index (χ2n) is 3.46. The molecule has 0 saturated heterocycles. The van der Waals surface area contributed by atoms with Crippen LogP contribution in [0.2, 0.25) is 20.1 Å². The van der Waals surface area contributed by atoms with E-state index in [0.717, 1.165) is 0 Å². The Morgan fingerprint density at radius 3 is 2.06 bits per heavy atom. The molecule has 1 aromatic carbocycles. The second-order valence-corrected chi connectivity index (χ2v) is 5.06.